The zero-order chi connectivity index (χ0) is 44.4. The number of ether oxygens (including phenoxy) is 3. The van der Waals surface area contributed by atoms with E-state index in [-0.39, 0.29) is 37.5 Å². The first-order chi connectivity index (χ1) is 30.0. The molecule has 6 nitrogen and oxygen atoms in total. The summed E-state index contributed by atoms with van der Waals surface area (Å²) in [5.74, 6) is -0.983. The fraction of sp³-hybridized carbons (Fsp3) is 0.691. The molecule has 0 aliphatic heterocycles. The molecule has 0 heterocycles. The van der Waals surface area contributed by atoms with Gasteiger partial charge in [-0.05, 0) is 103 Å². The van der Waals surface area contributed by atoms with Crippen LogP contribution >= 0.6 is 0 Å². The molecule has 0 bridgehead atoms. The van der Waals surface area contributed by atoms with Gasteiger partial charge in [-0.25, -0.2) is 0 Å². The number of carbonyl (C=O) groups excluding carboxylic acids is 3. The highest BCUT2D eigenvalue weighted by Crippen LogP contribution is 2.14. The van der Waals surface area contributed by atoms with E-state index in [0.29, 0.717) is 19.3 Å². The van der Waals surface area contributed by atoms with Crippen LogP contribution in [0, 0.1) is 0 Å². The molecule has 0 aliphatic rings. The second-order valence-corrected chi connectivity index (χ2v) is 16.3. The molecule has 0 spiro atoms. The minimum Gasteiger partial charge on any atom is -0.462 e. The van der Waals surface area contributed by atoms with Gasteiger partial charge in [0.15, 0.2) is 6.10 Å². The van der Waals surface area contributed by atoms with Gasteiger partial charge in [-0.1, -0.05) is 189 Å². The second kappa shape index (κ2) is 49.2. The van der Waals surface area contributed by atoms with Gasteiger partial charge in [-0.15, -0.1) is 0 Å². The van der Waals surface area contributed by atoms with Crippen LogP contribution in [0.25, 0.3) is 0 Å². The maximum atomic E-state index is 12.8. The molecule has 0 aromatic rings. The number of unbranched alkanes of at least 4 members (excludes halogenated alkanes) is 19. The fourth-order valence-electron chi connectivity index (χ4n) is 6.65. The normalized spacial score (nSPS) is 12.8. The average Bonchev–Trinajstić information content (AvgIpc) is 3.26. The van der Waals surface area contributed by atoms with E-state index < -0.39 is 6.10 Å². The lowest BCUT2D eigenvalue weighted by atomic mass is 10.1. The number of esters is 3. The van der Waals surface area contributed by atoms with Gasteiger partial charge in [-0.2, -0.15) is 0 Å². The third-order valence-electron chi connectivity index (χ3n) is 10.4. The summed E-state index contributed by atoms with van der Waals surface area (Å²) in [7, 11) is 0. The summed E-state index contributed by atoms with van der Waals surface area (Å²) in [4.78, 5) is 37.9. The van der Waals surface area contributed by atoms with Crippen molar-refractivity contribution in [3.63, 3.8) is 0 Å². The van der Waals surface area contributed by atoms with Crippen molar-refractivity contribution in [2.24, 2.45) is 0 Å². The van der Waals surface area contributed by atoms with Crippen molar-refractivity contribution in [2.75, 3.05) is 13.2 Å². The lowest BCUT2D eigenvalue weighted by Gasteiger charge is -2.18. The summed E-state index contributed by atoms with van der Waals surface area (Å²) in [6, 6.07) is 0. The van der Waals surface area contributed by atoms with Crippen molar-refractivity contribution in [1.29, 1.82) is 0 Å². The Morgan fingerprint density at radius 1 is 0.344 bits per heavy atom. The van der Waals surface area contributed by atoms with E-state index in [1.54, 1.807) is 0 Å². The van der Waals surface area contributed by atoms with Crippen LogP contribution in [0.15, 0.2) is 85.1 Å². The van der Waals surface area contributed by atoms with E-state index >= 15 is 0 Å². The number of hydrogen-bond donors (Lipinski definition) is 0. The Hall–Kier alpha value is -3.41. The maximum absolute atomic E-state index is 12.8. The Balaban J connectivity index is 4.40. The Morgan fingerprint density at radius 2 is 0.656 bits per heavy atom. The second-order valence-electron chi connectivity index (χ2n) is 16.3. The smallest absolute Gasteiger partial charge is 0.306 e. The van der Waals surface area contributed by atoms with E-state index in [1.165, 1.54) is 83.5 Å². The van der Waals surface area contributed by atoms with Gasteiger partial charge >= 0.3 is 17.9 Å². The molecule has 0 N–H and O–H groups in total. The number of rotatable bonds is 44. The standard InChI is InChI=1S/C55H92O6/c1-4-7-10-13-16-19-22-24-25-26-27-28-29-31-33-36-39-42-45-48-54(57)60-51-52(50-59-53(56)47-44-41-38-35-32-21-18-15-12-9-6-3)61-55(58)49-46-43-40-37-34-30-23-20-17-14-11-8-5-2/h7,9-10,12,16,18-19,21,24-25,30,34-35,38,52H,4-6,8,11,13-15,17,20,22-23,26-29,31-33,36-37,39-51H2,1-3H3/b10-7-,12-9-,19-16-,21-18-,25-24-,34-30-,38-35-. The Bertz CT molecular complexity index is 1200. The predicted octanol–water partition coefficient (Wildman–Crippen LogP) is 16.4. The Kier molecular flexibility index (Phi) is 46.5. The summed E-state index contributed by atoms with van der Waals surface area (Å²) in [5, 5.41) is 0. The minimum atomic E-state index is -0.805. The summed E-state index contributed by atoms with van der Waals surface area (Å²) in [5.41, 5.74) is 0. The van der Waals surface area contributed by atoms with Crippen LogP contribution in [0.4, 0.5) is 0 Å². The lowest BCUT2D eigenvalue weighted by molar-refractivity contribution is -0.167. The monoisotopic (exact) mass is 849 g/mol. The van der Waals surface area contributed by atoms with Crippen molar-refractivity contribution >= 4 is 17.9 Å². The van der Waals surface area contributed by atoms with Crippen molar-refractivity contribution in [3.8, 4) is 0 Å². The molecule has 0 saturated heterocycles. The van der Waals surface area contributed by atoms with Crippen LogP contribution in [-0.4, -0.2) is 37.2 Å². The summed E-state index contributed by atoms with van der Waals surface area (Å²) in [6.45, 7) is 6.33. The topological polar surface area (TPSA) is 78.9 Å². The van der Waals surface area contributed by atoms with Crippen LogP contribution in [-0.2, 0) is 28.6 Å². The summed E-state index contributed by atoms with van der Waals surface area (Å²) >= 11 is 0. The summed E-state index contributed by atoms with van der Waals surface area (Å²) in [6.07, 6.45) is 62.9. The first-order valence-electron chi connectivity index (χ1n) is 25.1. The van der Waals surface area contributed by atoms with Crippen LogP contribution in [0.5, 0.6) is 0 Å². The SMILES string of the molecule is CC/C=C\C/C=C\C/C=C\CCCCCCCCCCCC(=O)OCC(COC(=O)CCC/C=C\C/C=C\C/C=C\CC)OC(=O)CCCCC/C=C\CCCCCCCC. The molecule has 0 saturated carbocycles. The molecule has 348 valence electrons. The third-order valence-corrected chi connectivity index (χ3v) is 10.4. The third kappa shape index (κ3) is 47.5. The Labute approximate surface area is 375 Å². The molecule has 1 atom stereocenters. The van der Waals surface area contributed by atoms with Crippen LogP contribution in [0.1, 0.15) is 226 Å². The molecule has 0 amide bonds. The van der Waals surface area contributed by atoms with Gasteiger partial charge in [0.2, 0.25) is 0 Å². The molecule has 1 unspecified atom stereocenters. The zero-order valence-corrected chi connectivity index (χ0v) is 39.7. The first kappa shape index (κ1) is 57.6. The van der Waals surface area contributed by atoms with Crippen LogP contribution < -0.4 is 0 Å². The van der Waals surface area contributed by atoms with E-state index in [2.05, 4.69) is 106 Å². The molecule has 0 radical (unpaired) electrons. The predicted molar refractivity (Wildman–Crippen MR) is 261 cm³/mol. The van der Waals surface area contributed by atoms with Gasteiger partial charge in [0.05, 0.1) is 0 Å². The van der Waals surface area contributed by atoms with Gasteiger partial charge in [-0.3, -0.25) is 14.4 Å². The van der Waals surface area contributed by atoms with E-state index in [0.717, 1.165) is 96.3 Å². The number of carbonyl (C=O) groups is 3. The molecule has 0 fully saturated rings. The molecular weight excluding hydrogens is 757 g/mol. The highest BCUT2D eigenvalue weighted by atomic mass is 16.6. The molecule has 0 aromatic carbocycles. The van der Waals surface area contributed by atoms with Crippen LogP contribution in [0.3, 0.4) is 0 Å². The lowest BCUT2D eigenvalue weighted by Crippen LogP contribution is -2.30. The molecule has 0 aliphatic carbocycles. The average molecular weight is 849 g/mol. The van der Waals surface area contributed by atoms with Crippen molar-refractivity contribution in [1.82, 2.24) is 0 Å². The number of hydrogen-bond acceptors (Lipinski definition) is 6. The molecular formula is C55H92O6. The summed E-state index contributed by atoms with van der Waals surface area (Å²) < 4.78 is 16.7. The van der Waals surface area contributed by atoms with Crippen molar-refractivity contribution < 1.29 is 28.6 Å². The van der Waals surface area contributed by atoms with Gasteiger partial charge < -0.3 is 14.2 Å². The minimum absolute atomic E-state index is 0.102. The largest absolute Gasteiger partial charge is 0.462 e. The molecule has 0 aromatic heterocycles. The van der Waals surface area contributed by atoms with Crippen molar-refractivity contribution in [2.45, 2.75) is 232 Å². The van der Waals surface area contributed by atoms with Crippen LogP contribution in [0.2, 0.25) is 0 Å². The number of allylic oxidation sites excluding steroid dienone is 14. The van der Waals surface area contributed by atoms with Gasteiger partial charge in [0.25, 0.3) is 0 Å². The highest BCUT2D eigenvalue weighted by Gasteiger charge is 2.19. The fourth-order valence-corrected chi connectivity index (χ4v) is 6.65. The quantitative estimate of drug-likeness (QED) is 0.0263. The van der Waals surface area contributed by atoms with Crippen molar-refractivity contribution in [3.05, 3.63) is 85.1 Å². The molecule has 6 heteroatoms. The zero-order valence-electron chi connectivity index (χ0n) is 39.7. The van der Waals surface area contributed by atoms with E-state index in [9.17, 15) is 14.4 Å². The maximum Gasteiger partial charge on any atom is 0.306 e. The van der Waals surface area contributed by atoms with Gasteiger partial charge in [0.1, 0.15) is 13.2 Å². The Morgan fingerprint density at radius 3 is 1.10 bits per heavy atom. The van der Waals surface area contributed by atoms with E-state index in [4.69, 9.17) is 14.2 Å². The highest BCUT2D eigenvalue weighted by molar-refractivity contribution is 5.71. The van der Waals surface area contributed by atoms with E-state index in [1.807, 2.05) is 0 Å². The van der Waals surface area contributed by atoms with Gasteiger partial charge in [0, 0.05) is 19.3 Å². The first-order valence-corrected chi connectivity index (χ1v) is 25.1. The molecule has 0 rings (SSSR count). The molecule has 61 heavy (non-hydrogen) atoms.